The van der Waals surface area contributed by atoms with Gasteiger partial charge in [0, 0.05) is 23.6 Å². The molecule has 0 radical (unpaired) electrons. The zero-order chi connectivity index (χ0) is 26.9. The summed E-state index contributed by atoms with van der Waals surface area (Å²) in [6.45, 7) is 0. The lowest BCUT2D eigenvalue weighted by Crippen LogP contribution is -2.12. The van der Waals surface area contributed by atoms with Gasteiger partial charge in [0.05, 0.1) is 27.0 Å². The largest absolute Gasteiger partial charge is 0.293 e. The van der Waals surface area contributed by atoms with Gasteiger partial charge >= 0.3 is 0 Å². The maximum atomic E-state index is 11.4. The number of alkyl halides is 1. The molecule has 0 aliphatic heterocycles. The Morgan fingerprint density at radius 3 is 1.83 bits per heavy atom. The highest BCUT2D eigenvalue weighted by Crippen LogP contribution is 2.24. The number of carbonyl (C=O) groups is 1. The number of carbonyl (C=O) groups excluding carboxylic acids is 1. The molecule has 192 valence electrons. The highest BCUT2D eigenvalue weighted by molar-refractivity contribution is 9.09. The molecule has 2 aromatic heterocycles. The van der Waals surface area contributed by atoms with Crippen LogP contribution in [0.5, 0.6) is 0 Å². The summed E-state index contributed by atoms with van der Waals surface area (Å²) in [5, 5.41) is 9.10. The summed E-state index contributed by atoms with van der Waals surface area (Å²) in [7, 11) is -10.3. The molecular formula is C20H19BrN4O7S4. The number of Topliss-reactive ketones (excluding diaryl/α,β-unsaturated/α-hetero) is 1. The minimum absolute atomic E-state index is 0.0648. The van der Waals surface area contributed by atoms with E-state index in [0.29, 0.717) is 21.8 Å². The Labute approximate surface area is 220 Å². The quantitative estimate of drug-likeness (QED) is 0.246. The number of primary sulfonamides is 1. The molecule has 0 saturated heterocycles. The van der Waals surface area contributed by atoms with Crippen molar-refractivity contribution in [3.63, 3.8) is 0 Å². The highest BCUT2D eigenvalue weighted by atomic mass is 79.9. The predicted octanol–water partition coefficient (Wildman–Crippen LogP) is 2.18. The van der Waals surface area contributed by atoms with Crippen LogP contribution in [0.25, 0.3) is 16.2 Å². The highest BCUT2D eigenvalue weighted by Gasteiger charge is 2.17. The third-order valence-electron chi connectivity index (χ3n) is 4.57. The van der Waals surface area contributed by atoms with E-state index in [4.69, 9.17) is 5.14 Å². The van der Waals surface area contributed by atoms with Gasteiger partial charge in [0.25, 0.3) is 10.0 Å². The number of rotatable bonds is 6. The van der Waals surface area contributed by atoms with Crippen LogP contribution in [0.1, 0.15) is 10.4 Å². The van der Waals surface area contributed by atoms with Crippen molar-refractivity contribution < 1.29 is 30.0 Å². The average molecular weight is 636 g/mol. The molecule has 4 aromatic rings. The molecule has 4 rings (SSSR count). The molecule has 0 saturated carbocycles. The number of benzene rings is 2. The Kier molecular flexibility index (Phi) is 8.17. The fourth-order valence-electron chi connectivity index (χ4n) is 2.77. The second kappa shape index (κ2) is 10.5. The van der Waals surface area contributed by atoms with Crippen molar-refractivity contribution in [3.8, 4) is 11.3 Å². The van der Waals surface area contributed by atoms with Crippen molar-refractivity contribution in [2.45, 2.75) is 14.1 Å². The summed E-state index contributed by atoms with van der Waals surface area (Å²) < 4.78 is 68.5. The fraction of sp³-hybridized carbons (Fsp3) is 0.150. The van der Waals surface area contributed by atoms with Gasteiger partial charge in [0.1, 0.15) is 0 Å². The van der Waals surface area contributed by atoms with Gasteiger partial charge in [-0.05, 0) is 24.3 Å². The van der Waals surface area contributed by atoms with Crippen LogP contribution in [0.3, 0.4) is 0 Å². The minimum atomic E-state index is -3.85. The Balaban J connectivity index is 0.000000223. The summed E-state index contributed by atoms with van der Waals surface area (Å²) in [4.78, 5) is 16.3. The van der Waals surface area contributed by atoms with E-state index in [9.17, 15) is 30.0 Å². The van der Waals surface area contributed by atoms with Crippen LogP contribution in [0.4, 0.5) is 0 Å². The van der Waals surface area contributed by atoms with E-state index >= 15 is 0 Å². The van der Waals surface area contributed by atoms with E-state index in [1.54, 1.807) is 18.3 Å². The molecule has 0 amide bonds. The van der Waals surface area contributed by atoms with E-state index in [2.05, 4.69) is 26.0 Å². The van der Waals surface area contributed by atoms with Gasteiger partial charge in [-0.15, -0.1) is 5.10 Å². The first-order chi connectivity index (χ1) is 16.6. The van der Waals surface area contributed by atoms with Gasteiger partial charge in [0.15, 0.2) is 25.5 Å². The molecule has 2 aromatic carbocycles. The second-order valence-electron chi connectivity index (χ2n) is 7.42. The van der Waals surface area contributed by atoms with Crippen LogP contribution < -0.4 is 5.14 Å². The van der Waals surface area contributed by atoms with Gasteiger partial charge < -0.3 is 0 Å². The molecule has 11 nitrogen and oxygen atoms in total. The molecule has 16 heteroatoms. The molecule has 0 atom stereocenters. The lowest BCUT2D eigenvalue weighted by atomic mass is 10.2. The SMILES string of the molecule is CS(=O)(=O)c1ccc(-c2cn3nc(S(N)(=O)=O)sc3n2)cc1.CS(=O)(=O)c1ccc(C(=O)CBr)cc1. The first-order valence-electron chi connectivity index (χ1n) is 9.68. The minimum Gasteiger partial charge on any atom is -0.293 e. The number of nitrogens with zero attached hydrogens (tertiary/aromatic N) is 3. The third-order valence-corrected chi connectivity index (χ3v) is 9.57. The van der Waals surface area contributed by atoms with Crippen LogP contribution in [0.2, 0.25) is 0 Å². The topological polar surface area (TPSA) is 176 Å². The van der Waals surface area contributed by atoms with E-state index in [1.165, 1.54) is 40.9 Å². The molecular weight excluding hydrogens is 616 g/mol. The van der Waals surface area contributed by atoms with E-state index in [1.807, 2.05) is 0 Å². The number of hydrogen-bond donors (Lipinski definition) is 1. The maximum absolute atomic E-state index is 11.4. The normalized spacial score (nSPS) is 12.2. The summed E-state index contributed by atoms with van der Waals surface area (Å²) in [5.74, 6) is -0.0648. The Morgan fingerprint density at radius 2 is 1.42 bits per heavy atom. The molecule has 0 aliphatic carbocycles. The predicted molar refractivity (Wildman–Crippen MR) is 138 cm³/mol. The molecule has 0 spiro atoms. The van der Waals surface area contributed by atoms with Gasteiger partial charge in [0.2, 0.25) is 9.30 Å². The number of imidazole rings is 1. The van der Waals surface area contributed by atoms with Crippen molar-refractivity contribution in [2.24, 2.45) is 5.14 Å². The summed E-state index contributed by atoms with van der Waals surface area (Å²) in [6, 6.07) is 12.1. The molecule has 0 unspecified atom stereocenters. The second-order valence-corrected chi connectivity index (χ2v) is 14.7. The Hall–Kier alpha value is -2.50. The molecule has 0 fully saturated rings. The number of hydrogen-bond acceptors (Lipinski definition) is 10. The first kappa shape index (κ1) is 28.1. The number of sulfone groups is 2. The number of fused-ring (bicyclic) bond motifs is 1. The Bertz CT molecular complexity index is 1710. The summed E-state index contributed by atoms with van der Waals surface area (Å²) in [6.07, 6.45) is 3.82. The van der Waals surface area contributed by atoms with E-state index in [0.717, 1.165) is 23.8 Å². The number of ketones is 1. The maximum Gasteiger partial charge on any atom is 0.267 e. The molecule has 0 bridgehead atoms. The molecule has 36 heavy (non-hydrogen) atoms. The zero-order valence-electron chi connectivity index (χ0n) is 18.7. The van der Waals surface area contributed by atoms with Crippen LogP contribution >= 0.6 is 27.3 Å². The lowest BCUT2D eigenvalue weighted by Gasteiger charge is -1.99. The van der Waals surface area contributed by atoms with Gasteiger partial charge in [-0.3, -0.25) is 4.79 Å². The monoisotopic (exact) mass is 634 g/mol. The van der Waals surface area contributed by atoms with Crippen LogP contribution in [0, 0.1) is 0 Å². The van der Waals surface area contributed by atoms with Gasteiger partial charge in [-0.2, -0.15) is 0 Å². The number of halogens is 1. The van der Waals surface area contributed by atoms with E-state index < -0.39 is 29.7 Å². The Morgan fingerprint density at radius 1 is 0.917 bits per heavy atom. The standard InChI is InChI=1S/C11H10N4O4S3.C9H9BrO3S/c1-21(16,17)8-4-2-7(3-5-8)9-6-15-10(13-9)20-11(14-15)22(12,18)19;1-14(12,13)8-4-2-7(3-5-8)9(11)6-10/h2-6H,1H3,(H2,12,18,19);2-5H,6H2,1H3. The summed E-state index contributed by atoms with van der Waals surface area (Å²) in [5.41, 5.74) is 1.76. The van der Waals surface area contributed by atoms with Crippen LogP contribution in [-0.4, -0.2) is 63.5 Å². The molecule has 0 aliphatic rings. The average Bonchev–Trinajstić information content (AvgIpc) is 3.38. The van der Waals surface area contributed by atoms with Crippen LogP contribution in [-0.2, 0) is 29.7 Å². The van der Waals surface area contributed by atoms with E-state index in [-0.39, 0.29) is 25.2 Å². The summed E-state index contributed by atoms with van der Waals surface area (Å²) >= 11 is 3.90. The van der Waals surface area contributed by atoms with Crippen LogP contribution in [0.15, 0.2) is 68.9 Å². The fourth-order valence-corrected chi connectivity index (χ4v) is 5.86. The van der Waals surface area contributed by atoms with Gasteiger partial charge in [-0.25, -0.2) is 39.9 Å². The molecule has 2 N–H and O–H groups in total. The number of sulfonamides is 1. The lowest BCUT2D eigenvalue weighted by molar-refractivity contribution is 0.102. The molecule has 2 heterocycles. The van der Waals surface area contributed by atoms with Crippen molar-refractivity contribution in [1.29, 1.82) is 0 Å². The van der Waals surface area contributed by atoms with Crippen molar-refractivity contribution in [1.82, 2.24) is 14.6 Å². The zero-order valence-corrected chi connectivity index (χ0v) is 23.5. The third kappa shape index (κ3) is 6.83. The smallest absolute Gasteiger partial charge is 0.267 e. The van der Waals surface area contributed by atoms with Gasteiger partial charge in [-0.1, -0.05) is 51.5 Å². The number of aromatic nitrogens is 3. The number of nitrogens with two attached hydrogens (primary N) is 1. The van der Waals surface area contributed by atoms with Crippen molar-refractivity contribution >= 4 is 67.7 Å². The van der Waals surface area contributed by atoms with Crippen molar-refractivity contribution in [2.75, 3.05) is 17.8 Å². The van der Waals surface area contributed by atoms with Crippen molar-refractivity contribution in [3.05, 3.63) is 60.3 Å². The first-order valence-corrected chi connectivity index (χ1v) is 16.9.